The molecule has 84 valence electrons. The van der Waals surface area contributed by atoms with Crippen molar-refractivity contribution in [2.24, 2.45) is 5.11 Å². The van der Waals surface area contributed by atoms with Crippen LogP contribution in [-0.2, 0) is 0 Å². The van der Waals surface area contributed by atoms with Gasteiger partial charge in [0, 0.05) is 17.0 Å². The van der Waals surface area contributed by atoms with Gasteiger partial charge in [0.2, 0.25) is 0 Å². The zero-order valence-electron chi connectivity index (χ0n) is 9.25. The van der Waals surface area contributed by atoms with Crippen LogP contribution >= 0.6 is 0 Å². The van der Waals surface area contributed by atoms with E-state index in [0.29, 0.717) is 18.0 Å². The number of hydrogen-bond donors (Lipinski definition) is 0. The monoisotopic (exact) mass is 219 g/mol. The number of azide groups is 1. The third kappa shape index (κ3) is 2.93. The van der Waals surface area contributed by atoms with E-state index in [1.807, 2.05) is 24.3 Å². The zero-order chi connectivity index (χ0) is 11.8. The Kier molecular flexibility index (Phi) is 4.76. The Balaban J connectivity index is 2.94. The molecule has 0 bridgehead atoms. The highest BCUT2D eigenvalue weighted by Crippen LogP contribution is 2.31. The van der Waals surface area contributed by atoms with Crippen molar-refractivity contribution in [2.45, 2.75) is 0 Å². The number of ether oxygens (including phenoxy) is 2. The Morgan fingerprint density at radius 3 is 2.81 bits per heavy atom. The van der Waals surface area contributed by atoms with Gasteiger partial charge in [-0.25, -0.2) is 0 Å². The molecule has 5 nitrogen and oxygen atoms in total. The van der Waals surface area contributed by atoms with E-state index in [4.69, 9.17) is 15.0 Å². The predicted octanol–water partition coefficient (Wildman–Crippen LogP) is 3.03. The third-order valence-corrected chi connectivity index (χ3v) is 1.98. The zero-order valence-corrected chi connectivity index (χ0v) is 9.25. The van der Waals surface area contributed by atoms with Crippen molar-refractivity contribution in [3.63, 3.8) is 0 Å². The Morgan fingerprint density at radius 1 is 1.38 bits per heavy atom. The summed E-state index contributed by atoms with van der Waals surface area (Å²) < 4.78 is 10.4. The largest absolute Gasteiger partial charge is 0.493 e. The minimum absolute atomic E-state index is 0.316. The Morgan fingerprint density at radius 2 is 2.19 bits per heavy atom. The first-order valence-electron chi connectivity index (χ1n) is 4.72. The average Bonchev–Trinajstić information content (AvgIpc) is 2.34. The minimum atomic E-state index is 0.316. The van der Waals surface area contributed by atoms with Gasteiger partial charge < -0.3 is 9.47 Å². The van der Waals surface area contributed by atoms with E-state index in [1.54, 1.807) is 20.3 Å². The fourth-order valence-electron chi connectivity index (χ4n) is 1.31. The van der Waals surface area contributed by atoms with Crippen LogP contribution in [0.1, 0.15) is 5.56 Å². The molecule has 0 N–H and O–H groups in total. The minimum Gasteiger partial charge on any atom is -0.493 e. The van der Waals surface area contributed by atoms with Gasteiger partial charge in [-0.1, -0.05) is 29.4 Å². The summed E-state index contributed by atoms with van der Waals surface area (Å²) in [4.78, 5) is 2.66. The first-order valence-corrected chi connectivity index (χ1v) is 4.72. The second-order valence-electron chi connectivity index (χ2n) is 2.90. The van der Waals surface area contributed by atoms with E-state index in [9.17, 15) is 0 Å². The summed E-state index contributed by atoms with van der Waals surface area (Å²) in [5.74, 6) is 1.34. The van der Waals surface area contributed by atoms with Crippen LogP contribution in [0.4, 0.5) is 0 Å². The number of methoxy groups -OCH3 is 2. The second kappa shape index (κ2) is 6.37. The molecule has 0 aliphatic heterocycles. The van der Waals surface area contributed by atoms with Crippen LogP contribution in [0, 0.1) is 0 Å². The van der Waals surface area contributed by atoms with E-state index < -0.39 is 0 Å². The molecule has 1 aromatic rings. The molecule has 0 heterocycles. The molecule has 0 aliphatic carbocycles. The molecule has 0 saturated heterocycles. The number of para-hydroxylation sites is 1. The number of benzene rings is 1. The van der Waals surface area contributed by atoms with Crippen LogP contribution in [0.25, 0.3) is 16.5 Å². The lowest BCUT2D eigenvalue weighted by Crippen LogP contribution is -1.92. The number of hydrogen-bond acceptors (Lipinski definition) is 3. The highest BCUT2D eigenvalue weighted by atomic mass is 16.5. The van der Waals surface area contributed by atoms with E-state index >= 15 is 0 Å². The lowest BCUT2D eigenvalue weighted by molar-refractivity contribution is 0.354. The van der Waals surface area contributed by atoms with Gasteiger partial charge in [-0.2, -0.15) is 0 Å². The van der Waals surface area contributed by atoms with Crippen molar-refractivity contribution in [2.75, 3.05) is 20.8 Å². The maximum Gasteiger partial charge on any atom is 0.167 e. The molecule has 0 atom stereocenters. The fraction of sp³-hybridized carbons (Fsp3) is 0.273. The molecule has 0 aliphatic rings. The van der Waals surface area contributed by atoms with Gasteiger partial charge in [0.05, 0.1) is 14.2 Å². The second-order valence-corrected chi connectivity index (χ2v) is 2.90. The summed E-state index contributed by atoms with van der Waals surface area (Å²) in [6.45, 7) is 0.316. The number of rotatable bonds is 5. The maximum atomic E-state index is 8.13. The summed E-state index contributed by atoms with van der Waals surface area (Å²) in [6.07, 6.45) is 3.59. The molecular formula is C11H13N3O2. The van der Waals surface area contributed by atoms with Gasteiger partial charge in [0.1, 0.15) is 0 Å². The smallest absolute Gasteiger partial charge is 0.167 e. The molecule has 1 rings (SSSR count). The summed E-state index contributed by atoms with van der Waals surface area (Å²) in [5.41, 5.74) is 9.01. The third-order valence-electron chi connectivity index (χ3n) is 1.98. The quantitative estimate of drug-likeness (QED) is 0.434. The van der Waals surface area contributed by atoms with Gasteiger partial charge in [-0.3, -0.25) is 0 Å². The standard InChI is InChI=1S/C11H13N3O2/c1-15-10-7-3-5-9(11(10)16-2)6-4-8-13-14-12/h3-7H,8H2,1-2H3. The van der Waals surface area contributed by atoms with Crippen molar-refractivity contribution < 1.29 is 9.47 Å². The van der Waals surface area contributed by atoms with Crippen molar-refractivity contribution in [3.8, 4) is 11.5 Å². The van der Waals surface area contributed by atoms with Crippen LogP contribution in [0.2, 0.25) is 0 Å². The van der Waals surface area contributed by atoms with Crippen LogP contribution in [0.15, 0.2) is 29.4 Å². The predicted molar refractivity (Wildman–Crippen MR) is 62.6 cm³/mol. The average molecular weight is 219 g/mol. The van der Waals surface area contributed by atoms with Gasteiger partial charge >= 0.3 is 0 Å². The molecular weight excluding hydrogens is 206 g/mol. The van der Waals surface area contributed by atoms with Crippen LogP contribution in [0.5, 0.6) is 11.5 Å². The highest BCUT2D eigenvalue weighted by Gasteiger charge is 2.05. The van der Waals surface area contributed by atoms with E-state index in [-0.39, 0.29) is 0 Å². The summed E-state index contributed by atoms with van der Waals surface area (Å²) >= 11 is 0. The first-order chi connectivity index (χ1) is 7.83. The van der Waals surface area contributed by atoms with Gasteiger partial charge in [0.15, 0.2) is 11.5 Å². The molecule has 16 heavy (non-hydrogen) atoms. The van der Waals surface area contributed by atoms with Crippen molar-refractivity contribution in [1.82, 2.24) is 0 Å². The Hall–Kier alpha value is -2.13. The highest BCUT2D eigenvalue weighted by molar-refractivity contribution is 5.62. The van der Waals surface area contributed by atoms with E-state index in [2.05, 4.69) is 10.0 Å². The molecule has 0 saturated carbocycles. The molecule has 0 amide bonds. The lowest BCUT2D eigenvalue weighted by atomic mass is 10.1. The van der Waals surface area contributed by atoms with E-state index in [1.165, 1.54) is 0 Å². The van der Waals surface area contributed by atoms with Crippen LogP contribution in [0.3, 0.4) is 0 Å². The Labute approximate surface area is 93.9 Å². The normalized spacial score (nSPS) is 9.88. The van der Waals surface area contributed by atoms with Gasteiger partial charge in [-0.05, 0) is 11.6 Å². The molecule has 0 aromatic heterocycles. The summed E-state index contributed by atoms with van der Waals surface area (Å²) in [7, 11) is 3.17. The molecule has 1 aromatic carbocycles. The molecule has 0 fully saturated rings. The summed E-state index contributed by atoms with van der Waals surface area (Å²) in [5, 5.41) is 3.41. The molecule has 0 spiro atoms. The maximum absolute atomic E-state index is 8.13. The number of nitrogens with zero attached hydrogens (tertiary/aromatic N) is 3. The van der Waals surface area contributed by atoms with Gasteiger partial charge in [-0.15, -0.1) is 0 Å². The van der Waals surface area contributed by atoms with Crippen LogP contribution < -0.4 is 9.47 Å². The van der Waals surface area contributed by atoms with Crippen molar-refractivity contribution in [1.29, 1.82) is 0 Å². The van der Waals surface area contributed by atoms with Crippen LogP contribution in [-0.4, -0.2) is 20.8 Å². The Bertz CT molecular complexity index is 423. The fourth-order valence-corrected chi connectivity index (χ4v) is 1.31. The molecule has 0 radical (unpaired) electrons. The van der Waals surface area contributed by atoms with E-state index in [0.717, 1.165) is 5.56 Å². The summed E-state index contributed by atoms with van der Waals surface area (Å²) in [6, 6.07) is 5.59. The van der Waals surface area contributed by atoms with Crippen molar-refractivity contribution in [3.05, 3.63) is 40.3 Å². The topological polar surface area (TPSA) is 67.2 Å². The SMILES string of the molecule is COc1cccc(C=CCN=[N+]=[N-])c1OC. The lowest BCUT2D eigenvalue weighted by Gasteiger charge is -2.09. The first kappa shape index (κ1) is 11.9. The van der Waals surface area contributed by atoms with Crippen molar-refractivity contribution >= 4 is 6.08 Å². The molecule has 0 unspecified atom stereocenters. The molecule has 5 heteroatoms. The van der Waals surface area contributed by atoms with Gasteiger partial charge in [0.25, 0.3) is 0 Å².